The Balaban J connectivity index is 1.62. The number of rotatable bonds is 12. The summed E-state index contributed by atoms with van der Waals surface area (Å²) in [4.78, 5) is 28.0. The number of amides is 1. The topological polar surface area (TPSA) is 149 Å². The number of fused-ring (bicyclic) bond motifs is 1. The van der Waals surface area contributed by atoms with Crippen LogP contribution in [0.1, 0.15) is 83.6 Å². The Morgan fingerprint density at radius 2 is 1.73 bits per heavy atom. The fraction of sp³-hybridized carbons (Fsp3) is 0.514. The van der Waals surface area contributed by atoms with Crippen molar-refractivity contribution in [3.63, 3.8) is 0 Å². The van der Waals surface area contributed by atoms with E-state index >= 15 is 0 Å². The number of Topliss-reactive ketones (excluding diaryl/α,β-unsaturated/α-hetero) is 1. The van der Waals surface area contributed by atoms with Gasteiger partial charge in [0.15, 0.2) is 11.5 Å². The van der Waals surface area contributed by atoms with Gasteiger partial charge in [0.25, 0.3) is 5.91 Å². The minimum absolute atomic E-state index is 0.000432. The number of carbonyl (C=O) groups is 2. The Morgan fingerprint density at radius 1 is 1.08 bits per heavy atom. The number of aliphatic hydroxyl groups is 2. The fourth-order valence-electron chi connectivity index (χ4n) is 6.85. The van der Waals surface area contributed by atoms with E-state index in [0.717, 1.165) is 5.56 Å². The van der Waals surface area contributed by atoms with Crippen LogP contribution in [-0.2, 0) is 23.9 Å². The van der Waals surface area contributed by atoms with E-state index in [1.165, 1.54) is 31.0 Å². The maximum absolute atomic E-state index is 14.3. The van der Waals surface area contributed by atoms with Crippen molar-refractivity contribution in [2.75, 3.05) is 32.3 Å². The second-order valence-corrected chi connectivity index (χ2v) is 13.5. The Hall–Kier alpha value is -4.14. The van der Waals surface area contributed by atoms with Crippen molar-refractivity contribution >= 4 is 17.4 Å². The summed E-state index contributed by atoms with van der Waals surface area (Å²) in [6.07, 6.45) is -3.39. The van der Waals surface area contributed by atoms with Gasteiger partial charge in [-0.3, -0.25) is 9.59 Å². The molecule has 1 saturated carbocycles. The van der Waals surface area contributed by atoms with Crippen molar-refractivity contribution in [1.29, 1.82) is 0 Å². The molecule has 0 spiro atoms. The maximum atomic E-state index is 14.3. The van der Waals surface area contributed by atoms with E-state index in [2.05, 4.69) is 5.10 Å². The van der Waals surface area contributed by atoms with E-state index in [1.807, 2.05) is 30.9 Å². The average Bonchev–Trinajstić information content (AvgIpc) is 3.45. The van der Waals surface area contributed by atoms with Gasteiger partial charge in [-0.1, -0.05) is 13.8 Å². The smallest absolute Gasteiger partial charge is 0.435 e. The molecule has 1 fully saturated rings. The van der Waals surface area contributed by atoms with E-state index in [9.17, 15) is 27.9 Å². The quantitative estimate of drug-likeness (QED) is 0.243. The number of ketones is 1. The first kappa shape index (κ1) is 36.1. The van der Waals surface area contributed by atoms with Gasteiger partial charge in [-0.05, 0) is 73.4 Å². The molecule has 2 aliphatic carbocycles. The number of methoxy groups -OCH3 is 2. The second-order valence-electron chi connectivity index (χ2n) is 13.5. The average molecular weight is 689 g/mol. The second kappa shape index (κ2) is 14.4. The SMILES string of the molecule is COc1cc(CN(c2cc(-n3nc(C(F)(F)F)c4c3CC(C)(C)CC4=O)ccc2C(N)=O)C2CCC(OCC(O)CO)CC2)cc(OC)c1. The summed E-state index contributed by atoms with van der Waals surface area (Å²) in [6, 6.07) is 9.82. The van der Waals surface area contributed by atoms with Crippen LogP contribution < -0.4 is 20.1 Å². The summed E-state index contributed by atoms with van der Waals surface area (Å²) in [6.45, 7) is 3.51. The normalized spacial score (nSPS) is 19.7. The van der Waals surface area contributed by atoms with E-state index in [1.54, 1.807) is 12.1 Å². The number of benzene rings is 2. The number of nitrogens with two attached hydrogens (primary N) is 1. The van der Waals surface area contributed by atoms with Crippen molar-refractivity contribution in [1.82, 2.24) is 9.78 Å². The lowest BCUT2D eigenvalue weighted by atomic mass is 9.75. The zero-order chi connectivity index (χ0) is 35.7. The zero-order valence-corrected chi connectivity index (χ0v) is 28.0. The van der Waals surface area contributed by atoms with Gasteiger partial charge in [0.05, 0.1) is 61.7 Å². The van der Waals surface area contributed by atoms with Crippen LogP contribution in [0.15, 0.2) is 36.4 Å². The third-order valence-corrected chi connectivity index (χ3v) is 9.20. The number of carbonyl (C=O) groups excluding carboxylic acids is 2. The molecule has 49 heavy (non-hydrogen) atoms. The molecule has 3 aromatic rings. The Morgan fingerprint density at radius 3 is 2.31 bits per heavy atom. The molecule has 14 heteroatoms. The number of alkyl halides is 3. The Bertz CT molecular complexity index is 1660. The highest BCUT2D eigenvalue weighted by Crippen LogP contribution is 2.43. The van der Waals surface area contributed by atoms with Crippen molar-refractivity contribution in [2.24, 2.45) is 11.1 Å². The molecule has 2 aliphatic rings. The lowest BCUT2D eigenvalue weighted by molar-refractivity contribution is -0.141. The Labute approximate surface area is 282 Å². The summed E-state index contributed by atoms with van der Waals surface area (Å²) in [5, 5.41) is 22.9. The summed E-state index contributed by atoms with van der Waals surface area (Å²) < 4.78 is 60.7. The molecular weight excluding hydrogens is 645 g/mol. The van der Waals surface area contributed by atoms with E-state index in [4.69, 9.17) is 25.1 Å². The number of anilines is 1. The number of aromatic nitrogens is 2. The van der Waals surface area contributed by atoms with Crippen LogP contribution >= 0.6 is 0 Å². The van der Waals surface area contributed by atoms with Crippen molar-refractivity contribution in [3.8, 4) is 17.2 Å². The van der Waals surface area contributed by atoms with E-state index in [-0.39, 0.29) is 55.1 Å². The molecule has 1 heterocycles. The summed E-state index contributed by atoms with van der Waals surface area (Å²) in [5.41, 5.74) is 5.42. The summed E-state index contributed by atoms with van der Waals surface area (Å²) in [7, 11) is 3.07. The molecule has 2 aromatic carbocycles. The molecular formula is C35H43F3N4O7. The van der Waals surface area contributed by atoms with E-state index in [0.29, 0.717) is 42.9 Å². The largest absolute Gasteiger partial charge is 0.497 e. The van der Waals surface area contributed by atoms with Crippen LogP contribution in [-0.4, -0.2) is 77.4 Å². The van der Waals surface area contributed by atoms with Crippen LogP contribution in [0.4, 0.5) is 18.9 Å². The molecule has 1 unspecified atom stereocenters. The van der Waals surface area contributed by atoms with Gasteiger partial charge in [0.2, 0.25) is 0 Å². The summed E-state index contributed by atoms with van der Waals surface area (Å²) in [5.74, 6) is -0.238. The highest BCUT2D eigenvalue weighted by atomic mass is 19.4. The number of ether oxygens (including phenoxy) is 3. The molecule has 1 atom stereocenters. The third kappa shape index (κ3) is 8.03. The van der Waals surface area contributed by atoms with Crippen molar-refractivity contribution in [3.05, 3.63) is 64.5 Å². The third-order valence-electron chi connectivity index (χ3n) is 9.20. The molecule has 1 aromatic heterocycles. The van der Waals surface area contributed by atoms with Crippen LogP contribution in [0.2, 0.25) is 0 Å². The maximum Gasteiger partial charge on any atom is 0.435 e. The van der Waals surface area contributed by atoms with Crippen LogP contribution in [0.5, 0.6) is 11.5 Å². The fourth-order valence-corrected chi connectivity index (χ4v) is 6.85. The number of hydrogen-bond acceptors (Lipinski definition) is 9. The van der Waals surface area contributed by atoms with Crippen LogP contribution in [0.3, 0.4) is 0 Å². The minimum Gasteiger partial charge on any atom is -0.497 e. The van der Waals surface area contributed by atoms with Gasteiger partial charge in [0, 0.05) is 25.1 Å². The van der Waals surface area contributed by atoms with Crippen LogP contribution in [0, 0.1) is 5.41 Å². The van der Waals surface area contributed by atoms with Gasteiger partial charge in [-0.25, -0.2) is 4.68 Å². The number of halogens is 3. The predicted octanol–water partition coefficient (Wildman–Crippen LogP) is 4.85. The Kier molecular flexibility index (Phi) is 10.6. The molecule has 0 bridgehead atoms. The molecule has 5 rings (SSSR count). The predicted molar refractivity (Wildman–Crippen MR) is 174 cm³/mol. The first-order chi connectivity index (χ1) is 23.1. The molecule has 4 N–H and O–H groups in total. The number of hydrogen-bond donors (Lipinski definition) is 3. The van der Waals surface area contributed by atoms with Crippen molar-refractivity contribution in [2.45, 2.75) is 83.3 Å². The summed E-state index contributed by atoms with van der Waals surface area (Å²) >= 11 is 0. The molecule has 266 valence electrons. The molecule has 11 nitrogen and oxygen atoms in total. The number of nitrogens with zero attached hydrogens (tertiary/aromatic N) is 3. The van der Waals surface area contributed by atoms with Gasteiger partial charge in [-0.2, -0.15) is 18.3 Å². The first-order valence-electron chi connectivity index (χ1n) is 16.2. The lowest BCUT2D eigenvalue weighted by Crippen LogP contribution is -2.41. The van der Waals surface area contributed by atoms with Crippen molar-refractivity contribution < 1.29 is 47.2 Å². The van der Waals surface area contributed by atoms with E-state index < -0.39 is 47.2 Å². The first-order valence-corrected chi connectivity index (χ1v) is 16.2. The molecule has 0 aliphatic heterocycles. The van der Waals surface area contributed by atoms with Crippen LogP contribution in [0.25, 0.3) is 5.69 Å². The number of primary amides is 1. The molecule has 0 radical (unpaired) electrons. The highest BCUT2D eigenvalue weighted by Gasteiger charge is 2.45. The van der Waals surface area contributed by atoms with Gasteiger partial charge >= 0.3 is 6.18 Å². The minimum atomic E-state index is -4.85. The number of aliphatic hydroxyl groups excluding tert-OH is 2. The lowest BCUT2D eigenvalue weighted by Gasteiger charge is -2.39. The van der Waals surface area contributed by atoms with Gasteiger partial charge in [0.1, 0.15) is 17.6 Å². The van der Waals surface area contributed by atoms with Gasteiger partial charge < -0.3 is 35.1 Å². The monoisotopic (exact) mass is 688 g/mol. The zero-order valence-electron chi connectivity index (χ0n) is 28.0. The van der Waals surface area contributed by atoms with Gasteiger partial charge in [-0.15, -0.1) is 0 Å². The highest BCUT2D eigenvalue weighted by molar-refractivity contribution is 6.01. The standard InChI is InChI=1S/C35H43F3N4O7/c1-34(2)15-29-31(30(45)16-34)32(35(36,37)38)40-42(29)22-7-10-27(33(39)46)28(13-22)41(17-20-11-25(47-3)14-26(12-20)48-4)21-5-8-24(9-6-21)49-19-23(44)18-43/h7,10-14,21,23-24,43-44H,5-6,8-9,15-19H2,1-4H3,(H2,39,46). The molecule has 1 amide bonds. The molecule has 0 saturated heterocycles.